The van der Waals surface area contributed by atoms with Crippen LogP contribution >= 0.6 is 0 Å². The average molecular weight is 275 g/mol. The Morgan fingerprint density at radius 3 is 2.80 bits per heavy atom. The maximum absolute atomic E-state index is 12.3. The number of carboxylic acids is 1. The van der Waals surface area contributed by atoms with Crippen LogP contribution in [0.25, 0.3) is 10.8 Å². The minimum absolute atomic E-state index is 0.0551. The van der Waals surface area contributed by atoms with Crippen molar-refractivity contribution in [2.75, 3.05) is 7.11 Å². The molecule has 0 aliphatic rings. The minimum atomic E-state index is -0.803. The smallest absolute Gasteiger partial charge is 0.303 e. The molecule has 106 valence electrons. The van der Waals surface area contributed by atoms with Crippen LogP contribution in [0, 0.1) is 0 Å². The number of fused-ring (bicyclic) bond motifs is 1. The summed E-state index contributed by atoms with van der Waals surface area (Å²) >= 11 is 0. The molecule has 0 amide bonds. The van der Waals surface area contributed by atoms with Gasteiger partial charge in [-0.25, -0.2) is 0 Å². The minimum Gasteiger partial charge on any atom is -0.497 e. The molecule has 5 nitrogen and oxygen atoms in total. The van der Waals surface area contributed by atoms with Gasteiger partial charge in [0.2, 0.25) is 0 Å². The van der Waals surface area contributed by atoms with Crippen molar-refractivity contribution in [2.24, 2.45) is 0 Å². The van der Waals surface area contributed by atoms with E-state index in [2.05, 4.69) is 0 Å². The highest BCUT2D eigenvalue weighted by molar-refractivity contribution is 5.82. The first-order chi connectivity index (χ1) is 9.61. The molecule has 5 heteroatoms. The van der Waals surface area contributed by atoms with Crippen molar-refractivity contribution in [2.45, 2.75) is 25.8 Å². The molecule has 0 aliphatic heterocycles. The number of nitrogens with zero attached hydrogens (tertiary/aromatic N) is 1. The summed E-state index contributed by atoms with van der Waals surface area (Å²) in [5.74, 6) is -0.0842. The molecule has 1 heterocycles. The van der Waals surface area contributed by atoms with Crippen LogP contribution in [0.1, 0.15) is 19.3 Å². The Morgan fingerprint density at radius 1 is 1.30 bits per heavy atom. The van der Waals surface area contributed by atoms with Crippen LogP contribution in [0.15, 0.2) is 35.3 Å². The molecule has 0 saturated heterocycles. The number of aromatic nitrogens is 1. The molecule has 20 heavy (non-hydrogen) atoms. The monoisotopic (exact) mass is 275 g/mol. The number of benzene rings is 1. The number of rotatable bonds is 6. The molecule has 2 rings (SSSR count). The fourth-order valence-corrected chi connectivity index (χ4v) is 2.13. The molecule has 0 spiro atoms. The van der Waals surface area contributed by atoms with Crippen LogP contribution in [0.2, 0.25) is 0 Å². The number of methoxy groups -OCH3 is 1. The number of pyridine rings is 1. The van der Waals surface area contributed by atoms with Crippen LogP contribution in [0.4, 0.5) is 0 Å². The number of hydrogen-bond donors (Lipinski definition) is 1. The average Bonchev–Trinajstić information content (AvgIpc) is 2.45. The SMILES string of the molecule is COc1ccc2c(=O)n(CCCCC(=O)O)ccc2c1. The molecule has 0 unspecified atom stereocenters. The van der Waals surface area contributed by atoms with Gasteiger partial charge >= 0.3 is 5.97 Å². The molecule has 0 bridgehead atoms. The number of ether oxygens (including phenoxy) is 1. The highest BCUT2D eigenvalue weighted by atomic mass is 16.5. The molecule has 0 saturated carbocycles. The summed E-state index contributed by atoms with van der Waals surface area (Å²) in [5, 5.41) is 10.1. The van der Waals surface area contributed by atoms with E-state index in [1.807, 2.05) is 12.1 Å². The van der Waals surface area contributed by atoms with Crippen LogP contribution in [-0.2, 0) is 11.3 Å². The maximum atomic E-state index is 12.3. The van der Waals surface area contributed by atoms with Crippen molar-refractivity contribution in [1.82, 2.24) is 4.57 Å². The van der Waals surface area contributed by atoms with Gasteiger partial charge in [-0.2, -0.15) is 0 Å². The lowest BCUT2D eigenvalue weighted by atomic mass is 10.1. The Bertz CT molecular complexity index is 675. The van der Waals surface area contributed by atoms with Gasteiger partial charge in [-0.15, -0.1) is 0 Å². The molecule has 0 aliphatic carbocycles. The fourth-order valence-electron chi connectivity index (χ4n) is 2.13. The summed E-state index contributed by atoms with van der Waals surface area (Å²) < 4.78 is 6.75. The van der Waals surface area contributed by atoms with E-state index in [9.17, 15) is 9.59 Å². The molecular formula is C15H17NO4. The van der Waals surface area contributed by atoms with Crippen molar-refractivity contribution < 1.29 is 14.6 Å². The van der Waals surface area contributed by atoms with Crippen LogP contribution in [-0.4, -0.2) is 22.8 Å². The topological polar surface area (TPSA) is 68.5 Å². The van der Waals surface area contributed by atoms with Crippen molar-refractivity contribution >= 4 is 16.7 Å². The van der Waals surface area contributed by atoms with Gasteiger partial charge in [-0.1, -0.05) is 0 Å². The van der Waals surface area contributed by atoms with Crippen molar-refractivity contribution in [3.05, 3.63) is 40.8 Å². The van der Waals surface area contributed by atoms with Gasteiger partial charge in [-0.3, -0.25) is 9.59 Å². The number of aliphatic carboxylic acids is 1. The Hall–Kier alpha value is -2.30. The molecular weight excluding hydrogens is 258 g/mol. The molecule has 1 N–H and O–H groups in total. The third-order valence-electron chi connectivity index (χ3n) is 3.22. The Balaban J connectivity index is 2.17. The molecule has 1 aromatic heterocycles. The summed E-state index contributed by atoms with van der Waals surface area (Å²) in [6.45, 7) is 0.536. The quantitative estimate of drug-likeness (QED) is 0.821. The second-order valence-electron chi connectivity index (χ2n) is 4.62. The van der Waals surface area contributed by atoms with Gasteiger partial charge in [0.25, 0.3) is 5.56 Å². The second kappa shape index (κ2) is 6.23. The zero-order valence-electron chi connectivity index (χ0n) is 11.3. The molecule has 2 aromatic rings. The van der Waals surface area contributed by atoms with E-state index in [1.54, 1.807) is 30.0 Å². The predicted molar refractivity (Wildman–Crippen MR) is 76.2 cm³/mol. The van der Waals surface area contributed by atoms with Crippen molar-refractivity contribution in [3.8, 4) is 5.75 Å². The first-order valence-corrected chi connectivity index (χ1v) is 6.51. The first kappa shape index (κ1) is 14.1. The third-order valence-corrected chi connectivity index (χ3v) is 3.22. The van der Waals surface area contributed by atoms with Gasteiger partial charge in [0.05, 0.1) is 7.11 Å². The van der Waals surface area contributed by atoms with Gasteiger partial charge in [-0.05, 0) is 42.5 Å². The van der Waals surface area contributed by atoms with E-state index < -0.39 is 5.97 Å². The van der Waals surface area contributed by atoms with Gasteiger partial charge in [0, 0.05) is 24.5 Å². The summed E-state index contributed by atoms with van der Waals surface area (Å²) in [6.07, 6.45) is 3.13. The lowest BCUT2D eigenvalue weighted by Gasteiger charge is -2.07. The highest BCUT2D eigenvalue weighted by Crippen LogP contribution is 2.17. The van der Waals surface area contributed by atoms with Gasteiger partial charge in [0.15, 0.2) is 0 Å². The fraction of sp³-hybridized carbons (Fsp3) is 0.333. The number of aryl methyl sites for hydroxylation is 1. The van der Waals surface area contributed by atoms with E-state index in [1.165, 1.54) is 0 Å². The predicted octanol–water partition coefficient (Wildman–Crippen LogP) is 2.27. The summed E-state index contributed by atoms with van der Waals surface area (Å²) in [4.78, 5) is 22.7. The number of carbonyl (C=O) groups is 1. The highest BCUT2D eigenvalue weighted by Gasteiger charge is 2.04. The Labute approximate surface area is 116 Å². The van der Waals surface area contributed by atoms with Crippen LogP contribution in [0.5, 0.6) is 5.75 Å². The summed E-state index contributed by atoms with van der Waals surface area (Å²) in [6, 6.07) is 7.21. The van der Waals surface area contributed by atoms with E-state index in [0.29, 0.717) is 24.8 Å². The lowest BCUT2D eigenvalue weighted by Crippen LogP contribution is -2.19. The second-order valence-corrected chi connectivity index (χ2v) is 4.62. The van der Waals surface area contributed by atoms with E-state index in [4.69, 9.17) is 9.84 Å². The van der Waals surface area contributed by atoms with E-state index in [0.717, 1.165) is 11.1 Å². The summed E-state index contributed by atoms with van der Waals surface area (Å²) in [7, 11) is 1.59. The number of hydrogen-bond acceptors (Lipinski definition) is 3. The molecule has 0 fully saturated rings. The zero-order valence-corrected chi connectivity index (χ0v) is 11.3. The Kier molecular flexibility index (Phi) is 4.40. The van der Waals surface area contributed by atoms with Crippen LogP contribution < -0.4 is 10.3 Å². The molecule has 1 aromatic carbocycles. The van der Waals surface area contributed by atoms with Crippen LogP contribution in [0.3, 0.4) is 0 Å². The third kappa shape index (κ3) is 3.17. The van der Waals surface area contributed by atoms with Gasteiger partial charge in [0.1, 0.15) is 5.75 Å². The zero-order chi connectivity index (χ0) is 14.5. The lowest BCUT2D eigenvalue weighted by molar-refractivity contribution is -0.137. The largest absolute Gasteiger partial charge is 0.497 e. The standard InChI is InChI=1S/C15H17NO4/c1-20-12-5-6-13-11(10-12)7-9-16(15(13)19)8-3-2-4-14(17)18/h5-7,9-10H,2-4,8H2,1H3,(H,17,18). The number of unbranched alkanes of at least 4 members (excludes halogenated alkanes) is 1. The number of carboxylic acid groups (broad SMARTS) is 1. The van der Waals surface area contributed by atoms with Gasteiger partial charge < -0.3 is 14.4 Å². The van der Waals surface area contributed by atoms with E-state index in [-0.39, 0.29) is 12.0 Å². The van der Waals surface area contributed by atoms with E-state index >= 15 is 0 Å². The summed E-state index contributed by atoms with van der Waals surface area (Å²) in [5.41, 5.74) is -0.0551. The molecule has 0 atom stereocenters. The molecule has 0 radical (unpaired) electrons. The maximum Gasteiger partial charge on any atom is 0.303 e. The first-order valence-electron chi connectivity index (χ1n) is 6.51. The normalized spacial score (nSPS) is 10.7. The van der Waals surface area contributed by atoms with Crippen molar-refractivity contribution in [1.29, 1.82) is 0 Å². The van der Waals surface area contributed by atoms with Crippen molar-refractivity contribution in [3.63, 3.8) is 0 Å². The Morgan fingerprint density at radius 2 is 2.10 bits per heavy atom.